The average molecular weight is 526 g/mol. The van der Waals surface area contributed by atoms with Crippen molar-refractivity contribution >= 4 is 33.2 Å². The van der Waals surface area contributed by atoms with Crippen molar-refractivity contribution in [1.29, 1.82) is 0 Å². The van der Waals surface area contributed by atoms with Crippen LogP contribution in [0.1, 0.15) is 29.8 Å². The van der Waals surface area contributed by atoms with Crippen LogP contribution in [0.15, 0.2) is 71.6 Å². The fourth-order valence-electron chi connectivity index (χ4n) is 3.88. The van der Waals surface area contributed by atoms with E-state index in [1.807, 2.05) is 13.8 Å². The molecule has 0 bridgehead atoms. The van der Waals surface area contributed by atoms with Crippen LogP contribution in [-0.4, -0.2) is 43.8 Å². The molecule has 3 rings (SSSR count). The quantitative estimate of drug-likeness (QED) is 0.435. The first kappa shape index (κ1) is 27.5. The number of carbonyl (C=O) groups excluding carboxylic acids is 3. The van der Waals surface area contributed by atoms with Gasteiger partial charge in [0.2, 0.25) is 5.91 Å². The number of benzene rings is 3. The summed E-state index contributed by atoms with van der Waals surface area (Å²) in [7, 11) is -3.83. The number of rotatable bonds is 8. The number of carbonyl (C=O) groups is 3. The Kier molecular flexibility index (Phi) is 8.44. The van der Waals surface area contributed by atoms with E-state index in [4.69, 9.17) is 5.73 Å². The second-order valence-electron chi connectivity index (χ2n) is 9.06. The molecule has 3 amide bonds. The molecule has 0 saturated carbocycles. The highest BCUT2D eigenvalue weighted by atomic mass is 32.2. The van der Waals surface area contributed by atoms with Gasteiger partial charge in [-0.05, 0) is 47.4 Å². The molecule has 0 aliphatic carbocycles. The van der Waals surface area contributed by atoms with Gasteiger partial charge in [-0.3, -0.25) is 14.4 Å². The summed E-state index contributed by atoms with van der Waals surface area (Å²) in [4.78, 5) is 38.2. The second-order valence-corrected chi connectivity index (χ2v) is 11.0. The highest BCUT2D eigenvalue weighted by Gasteiger charge is 2.24. The molecule has 0 saturated heterocycles. The Labute approximate surface area is 215 Å². The number of nitrogens with one attached hydrogen (secondary N) is 1. The maximum absolute atomic E-state index is 14.3. The van der Waals surface area contributed by atoms with Crippen molar-refractivity contribution in [3.05, 3.63) is 83.7 Å². The molecule has 8 nitrogen and oxygen atoms in total. The molecule has 0 heterocycles. The van der Waals surface area contributed by atoms with Gasteiger partial charge in [0.05, 0.1) is 0 Å². The molecule has 3 N–H and O–H groups in total. The number of hydrogen-bond acceptors (Lipinski definition) is 5. The lowest BCUT2D eigenvalue weighted by molar-refractivity contribution is -0.143. The van der Waals surface area contributed by atoms with Crippen LogP contribution in [0.4, 0.5) is 10.1 Å². The predicted octanol–water partition coefficient (Wildman–Crippen LogP) is 3.62. The number of halogens is 1. The number of primary amides is 1. The zero-order valence-corrected chi connectivity index (χ0v) is 21.5. The molecule has 0 aromatic heterocycles. The van der Waals surface area contributed by atoms with Crippen molar-refractivity contribution < 1.29 is 27.2 Å². The van der Waals surface area contributed by atoms with Crippen molar-refractivity contribution in [1.82, 2.24) is 4.90 Å². The van der Waals surface area contributed by atoms with Gasteiger partial charge in [0, 0.05) is 36.2 Å². The van der Waals surface area contributed by atoms with Crippen molar-refractivity contribution in [2.24, 2.45) is 11.7 Å². The van der Waals surface area contributed by atoms with Crippen LogP contribution in [0, 0.1) is 11.7 Å². The highest BCUT2D eigenvalue weighted by molar-refractivity contribution is 7.90. The van der Waals surface area contributed by atoms with E-state index in [-0.39, 0.29) is 18.0 Å². The van der Waals surface area contributed by atoms with Gasteiger partial charge < -0.3 is 16.0 Å². The third kappa shape index (κ3) is 7.01. The first-order chi connectivity index (χ1) is 17.4. The molecule has 10 heteroatoms. The van der Waals surface area contributed by atoms with E-state index in [1.54, 1.807) is 24.3 Å². The number of sulfone groups is 1. The molecule has 0 radical (unpaired) electrons. The topological polar surface area (TPSA) is 127 Å². The third-order valence-electron chi connectivity index (χ3n) is 5.44. The van der Waals surface area contributed by atoms with Gasteiger partial charge in [-0.2, -0.15) is 0 Å². The summed E-state index contributed by atoms with van der Waals surface area (Å²) in [5, 5.41) is 2.55. The lowest BCUT2D eigenvalue weighted by atomic mass is 10.1. The van der Waals surface area contributed by atoms with E-state index in [9.17, 15) is 27.2 Å². The van der Waals surface area contributed by atoms with Crippen molar-refractivity contribution in [2.75, 3.05) is 18.1 Å². The molecule has 0 spiro atoms. The number of nitrogens with two attached hydrogens (primary N) is 1. The maximum atomic E-state index is 14.3. The minimum atomic E-state index is -3.83. The van der Waals surface area contributed by atoms with E-state index < -0.39 is 38.3 Å². The highest BCUT2D eigenvalue weighted by Crippen LogP contribution is 2.30. The molecule has 0 unspecified atom stereocenters. The van der Waals surface area contributed by atoms with E-state index in [1.165, 1.54) is 41.3 Å². The van der Waals surface area contributed by atoms with Crippen LogP contribution >= 0.6 is 0 Å². The number of hydrogen-bond donors (Lipinski definition) is 2. The number of nitrogens with zero attached hydrogens (tertiary/aromatic N) is 1. The van der Waals surface area contributed by atoms with Crippen molar-refractivity contribution in [3.63, 3.8) is 0 Å². The second kappa shape index (κ2) is 11.3. The maximum Gasteiger partial charge on any atom is 0.313 e. The zero-order chi connectivity index (χ0) is 27.3. The van der Waals surface area contributed by atoms with E-state index >= 15 is 0 Å². The molecular weight excluding hydrogens is 497 g/mol. The summed E-state index contributed by atoms with van der Waals surface area (Å²) in [5.74, 6) is -2.99. The molecule has 0 aliphatic rings. The van der Waals surface area contributed by atoms with Gasteiger partial charge in [-0.25, -0.2) is 12.8 Å². The molecule has 3 aromatic rings. The van der Waals surface area contributed by atoms with Crippen LogP contribution in [0.5, 0.6) is 0 Å². The summed E-state index contributed by atoms with van der Waals surface area (Å²) in [6, 6.07) is 16.6. The third-order valence-corrected chi connectivity index (χ3v) is 6.60. The van der Waals surface area contributed by atoms with Crippen molar-refractivity contribution in [2.45, 2.75) is 25.3 Å². The molecule has 0 atom stereocenters. The van der Waals surface area contributed by atoms with Crippen LogP contribution < -0.4 is 11.1 Å². The standard InChI is InChI=1S/C27H28FN3O5S/c1-17(2)15-31(16-18-6-4-7-20(14-18)25(29)32)27(34)26(33)30-21-12-10-19(11-13-21)22-8-5-9-23(28)24(22)37(3,35)36/h4-14,17H,15-16H2,1-3H3,(H2,29,32)(H,30,33). The summed E-state index contributed by atoms with van der Waals surface area (Å²) < 4.78 is 38.4. The van der Waals surface area contributed by atoms with Crippen LogP contribution in [0.2, 0.25) is 0 Å². The van der Waals surface area contributed by atoms with Crippen LogP contribution in [0.3, 0.4) is 0 Å². The first-order valence-electron chi connectivity index (χ1n) is 11.4. The number of anilines is 1. The molecule has 3 aromatic carbocycles. The smallest absolute Gasteiger partial charge is 0.313 e. The SMILES string of the molecule is CC(C)CN(Cc1cccc(C(N)=O)c1)C(=O)C(=O)Nc1ccc(-c2cccc(F)c2S(C)(=O)=O)cc1. The Hall–Kier alpha value is -4.05. The Balaban J connectivity index is 1.79. The Morgan fingerprint density at radius 2 is 1.65 bits per heavy atom. The average Bonchev–Trinajstić information content (AvgIpc) is 2.82. The minimum absolute atomic E-state index is 0.0747. The molecule has 0 fully saturated rings. The molecule has 0 aliphatic heterocycles. The van der Waals surface area contributed by atoms with Gasteiger partial charge in [-0.15, -0.1) is 0 Å². The monoisotopic (exact) mass is 525 g/mol. The number of amides is 3. The minimum Gasteiger partial charge on any atom is -0.366 e. The Bertz CT molecular complexity index is 1440. The van der Waals surface area contributed by atoms with E-state index in [2.05, 4.69) is 5.32 Å². The van der Waals surface area contributed by atoms with Gasteiger partial charge in [0.15, 0.2) is 9.84 Å². The Morgan fingerprint density at radius 3 is 2.24 bits per heavy atom. The predicted molar refractivity (Wildman–Crippen MR) is 139 cm³/mol. The van der Waals surface area contributed by atoms with E-state index in [0.717, 1.165) is 12.3 Å². The first-order valence-corrected chi connectivity index (χ1v) is 13.3. The normalized spacial score (nSPS) is 11.3. The summed E-state index contributed by atoms with van der Waals surface area (Å²) >= 11 is 0. The van der Waals surface area contributed by atoms with Gasteiger partial charge in [-0.1, -0.05) is 50.2 Å². The fraction of sp³-hybridized carbons (Fsp3) is 0.222. The van der Waals surface area contributed by atoms with Gasteiger partial charge >= 0.3 is 11.8 Å². The lowest BCUT2D eigenvalue weighted by Crippen LogP contribution is -2.41. The zero-order valence-electron chi connectivity index (χ0n) is 20.7. The summed E-state index contributed by atoms with van der Waals surface area (Å²) in [6.07, 6.45) is 0.933. The van der Waals surface area contributed by atoms with Crippen LogP contribution in [-0.2, 0) is 26.0 Å². The van der Waals surface area contributed by atoms with Gasteiger partial charge in [0.1, 0.15) is 10.7 Å². The molecule has 194 valence electrons. The van der Waals surface area contributed by atoms with Crippen molar-refractivity contribution in [3.8, 4) is 11.1 Å². The summed E-state index contributed by atoms with van der Waals surface area (Å²) in [6.45, 7) is 4.24. The molecular formula is C27H28FN3O5S. The fourth-order valence-corrected chi connectivity index (χ4v) is 4.89. The lowest BCUT2D eigenvalue weighted by Gasteiger charge is -2.24. The van der Waals surface area contributed by atoms with Gasteiger partial charge in [0.25, 0.3) is 0 Å². The molecule has 37 heavy (non-hydrogen) atoms. The van der Waals surface area contributed by atoms with E-state index in [0.29, 0.717) is 28.9 Å². The summed E-state index contributed by atoms with van der Waals surface area (Å²) in [5.41, 5.74) is 7.22. The largest absolute Gasteiger partial charge is 0.366 e. The van der Waals surface area contributed by atoms with Crippen LogP contribution in [0.25, 0.3) is 11.1 Å². The Morgan fingerprint density at radius 1 is 1.00 bits per heavy atom.